The average molecular weight is 284 g/mol. The highest BCUT2D eigenvalue weighted by molar-refractivity contribution is 6.62. The van der Waals surface area contributed by atoms with Crippen molar-refractivity contribution in [2.75, 3.05) is 0 Å². The fraction of sp³-hybridized carbons (Fsp3) is 0.625. The van der Waals surface area contributed by atoms with Crippen molar-refractivity contribution in [2.45, 2.75) is 63.6 Å². The molecule has 1 aliphatic heterocycles. The third kappa shape index (κ3) is 2.18. The van der Waals surface area contributed by atoms with Crippen molar-refractivity contribution < 1.29 is 9.31 Å². The number of aromatic nitrogens is 1. The van der Waals surface area contributed by atoms with Crippen LogP contribution in [0.5, 0.6) is 0 Å². The first-order chi connectivity index (χ1) is 9.80. The van der Waals surface area contributed by atoms with Crippen LogP contribution in [0.2, 0.25) is 0 Å². The van der Waals surface area contributed by atoms with E-state index in [0.29, 0.717) is 0 Å². The first-order valence-corrected chi connectivity index (χ1v) is 7.52. The van der Waals surface area contributed by atoms with Crippen LogP contribution in [0.15, 0.2) is 18.5 Å². The predicted octanol–water partition coefficient (Wildman–Crippen LogP) is 2.33. The second-order valence-electron chi connectivity index (χ2n) is 7.14. The Morgan fingerprint density at radius 2 is 1.76 bits per heavy atom. The molecule has 0 atom stereocenters. The van der Waals surface area contributed by atoms with E-state index in [9.17, 15) is 5.26 Å². The van der Waals surface area contributed by atoms with Gasteiger partial charge in [0, 0.05) is 17.9 Å². The summed E-state index contributed by atoms with van der Waals surface area (Å²) in [4.78, 5) is 4.31. The van der Waals surface area contributed by atoms with E-state index < -0.39 is 7.12 Å². The standard InChI is InChI=1S/C16H21BN2O2/c1-14(2)15(3,4)21-17(20-14)13-8-12(9-19-10-13)16(11-18)6-5-7-16/h8-10H,5-7H2,1-4H3. The van der Waals surface area contributed by atoms with Crippen molar-refractivity contribution in [2.24, 2.45) is 0 Å². The van der Waals surface area contributed by atoms with Crippen molar-refractivity contribution in [3.05, 3.63) is 24.0 Å². The minimum atomic E-state index is -0.418. The number of rotatable bonds is 2. The van der Waals surface area contributed by atoms with Gasteiger partial charge < -0.3 is 9.31 Å². The maximum absolute atomic E-state index is 9.47. The Morgan fingerprint density at radius 3 is 2.24 bits per heavy atom. The van der Waals surface area contributed by atoms with Crippen LogP contribution in [0, 0.1) is 11.3 Å². The Morgan fingerprint density at radius 1 is 1.14 bits per heavy atom. The van der Waals surface area contributed by atoms with Gasteiger partial charge >= 0.3 is 7.12 Å². The molecule has 110 valence electrons. The molecule has 2 aliphatic rings. The molecule has 3 rings (SSSR count). The van der Waals surface area contributed by atoms with Gasteiger partial charge in [-0.25, -0.2) is 0 Å². The van der Waals surface area contributed by atoms with E-state index in [-0.39, 0.29) is 16.6 Å². The molecule has 4 nitrogen and oxygen atoms in total. The Hall–Kier alpha value is -1.38. The van der Waals surface area contributed by atoms with Crippen LogP contribution in [0.3, 0.4) is 0 Å². The summed E-state index contributed by atoms with van der Waals surface area (Å²) in [6, 6.07) is 4.49. The number of pyridine rings is 1. The monoisotopic (exact) mass is 284 g/mol. The maximum atomic E-state index is 9.47. The number of hydrogen-bond acceptors (Lipinski definition) is 4. The van der Waals surface area contributed by atoms with Crippen molar-refractivity contribution in [3.63, 3.8) is 0 Å². The van der Waals surface area contributed by atoms with Crippen molar-refractivity contribution in [3.8, 4) is 6.07 Å². The molecule has 5 heteroatoms. The molecule has 2 heterocycles. The SMILES string of the molecule is CC1(C)OB(c2cncc(C3(C#N)CCC3)c2)OC1(C)C. The first kappa shape index (κ1) is 14.6. The molecule has 0 amide bonds. The lowest BCUT2D eigenvalue weighted by Crippen LogP contribution is -2.41. The third-order valence-electron chi connectivity index (χ3n) is 5.26. The summed E-state index contributed by atoms with van der Waals surface area (Å²) in [6.45, 7) is 8.14. The van der Waals surface area contributed by atoms with Gasteiger partial charge in [0.1, 0.15) is 0 Å². The molecule has 1 saturated heterocycles. The maximum Gasteiger partial charge on any atom is 0.496 e. The Bertz CT molecular complexity index is 587. The zero-order valence-electron chi connectivity index (χ0n) is 13.1. The zero-order valence-corrected chi connectivity index (χ0v) is 13.1. The molecular formula is C16H21BN2O2. The molecule has 0 unspecified atom stereocenters. The van der Waals surface area contributed by atoms with Crippen LogP contribution < -0.4 is 5.46 Å². The van der Waals surface area contributed by atoms with Crippen LogP contribution in [0.4, 0.5) is 0 Å². The lowest BCUT2D eigenvalue weighted by Gasteiger charge is -2.35. The van der Waals surface area contributed by atoms with Gasteiger partial charge in [0.25, 0.3) is 0 Å². The summed E-state index contributed by atoms with van der Waals surface area (Å²) in [6.07, 6.45) is 6.51. The molecule has 1 aliphatic carbocycles. The van der Waals surface area contributed by atoms with Crippen LogP contribution in [-0.4, -0.2) is 23.3 Å². The number of nitrogens with zero attached hydrogens (tertiary/aromatic N) is 2. The van der Waals surface area contributed by atoms with Crippen LogP contribution in [0.1, 0.15) is 52.5 Å². The van der Waals surface area contributed by atoms with E-state index in [0.717, 1.165) is 30.3 Å². The predicted molar refractivity (Wildman–Crippen MR) is 81.1 cm³/mol. The van der Waals surface area contributed by atoms with Crippen LogP contribution >= 0.6 is 0 Å². The highest BCUT2D eigenvalue weighted by Gasteiger charge is 2.52. The quantitative estimate of drug-likeness (QED) is 0.782. The van der Waals surface area contributed by atoms with Gasteiger partial charge in [-0.05, 0) is 52.5 Å². The largest absolute Gasteiger partial charge is 0.496 e. The van der Waals surface area contributed by atoms with Crippen molar-refractivity contribution in [1.29, 1.82) is 5.26 Å². The van der Waals surface area contributed by atoms with E-state index >= 15 is 0 Å². The highest BCUT2D eigenvalue weighted by Crippen LogP contribution is 2.43. The van der Waals surface area contributed by atoms with Gasteiger partial charge in [-0.15, -0.1) is 0 Å². The van der Waals surface area contributed by atoms with E-state index in [1.165, 1.54) is 0 Å². The van der Waals surface area contributed by atoms with E-state index in [1.807, 2.05) is 33.8 Å². The molecular weight excluding hydrogens is 263 g/mol. The topological polar surface area (TPSA) is 55.1 Å². The van der Waals surface area contributed by atoms with E-state index in [1.54, 1.807) is 12.4 Å². The second kappa shape index (κ2) is 4.56. The second-order valence-corrected chi connectivity index (χ2v) is 7.14. The van der Waals surface area contributed by atoms with Gasteiger partial charge in [0.15, 0.2) is 0 Å². The van der Waals surface area contributed by atoms with Gasteiger partial charge in [-0.3, -0.25) is 4.98 Å². The Labute approximate surface area is 126 Å². The smallest absolute Gasteiger partial charge is 0.399 e. The molecule has 1 aromatic rings. The summed E-state index contributed by atoms with van der Waals surface area (Å²) in [5, 5.41) is 9.47. The van der Waals surface area contributed by atoms with Crippen molar-refractivity contribution in [1.82, 2.24) is 4.98 Å². The summed E-state index contributed by atoms with van der Waals surface area (Å²) >= 11 is 0. The molecule has 2 fully saturated rings. The summed E-state index contributed by atoms with van der Waals surface area (Å²) in [5.41, 5.74) is 0.803. The lowest BCUT2D eigenvalue weighted by molar-refractivity contribution is 0.00578. The molecule has 1 aromatic heterocycles. The summed E-state index contributed by atoms with van der Waals surface area (Å²) in [7, 11) is -0.418. The molecule has 21 heavy (non-hydrogen) atoms. The molecule has 0 aromatic carbocycles. The molecule has 0 bridgehead atoms. The van der Waals surface area contributed by atoms with Crippen LogP contribution in [-0.2, 0) is 14.7 Å². The Balaban J connectivity index is 1.90. The van der Waals surface area contributed by atoms with Gasteiger partial charge in [-0.1, -0.05) is 6.07 Å². The number of hydrogen-bond donors (Lipinski definition) is 0. The molecule has 0 spiro atoms. The lowest BCUT2D eigenvalue weighted by atomic mass is 9.65. The summed E-state index contributed by atoms with van der Waals surface area (Å²) < 4.78 is 12.1. The van der Waals surface area contributed by atoms with Gasteiger partial charge in [0.05, 0.1) is 22.7 Å². The fourth-order valence-electron chi connectivity index (χ4n) is 2.82. The average Bonchev–Trinajstić information content (AvgIpc) is 2.58. The van der Waals surface area contributed by atoms with Gasteiger partial charge in [-0.2, -0.15) is 5.26 Å². The van der Waals surface area contributed by atoms with Crippen molar-refractivity contribution >= 4 is 12.6 Å². The normalized spacial score (nSPS) is 25.2. The minimum absolute atomic E-state index is 0.355. The molecule has 0 N–H and O–H groups in total. The first-order valence-electron chi connectivity index (χ1n) is 7.52. The third-order valence-corrected chi connectivity index (χ3v) is 5.26. The fourth-order valence-corrected chi connectivity index (χ4v) is 2.82. The summed E-state index contributed by atoms with van der Waals surface area (Å²) in [5.74, 6) is 0. The highest BCUT2D eigenvalue weighted by atomic mass is 16.7. The number of nitriles is 1. The van der Waals surface area contributed by atoms with Crippen LogP contribution in [0.25, 0.3) is 0 Å². The minimum Gasteiger partial charge on any atom is -0.399 e. The Kier molecular flexibility index (Phi) is 3.16. The van der Waals surface area contributed by atoms with E-state index in [2.05, 4.69) is 11.1 Å². The van der Waals surface area contributed by atoms with E-state index in [4.69, 9.17) is 9.31 Å². The zero-order chi connectivity index (χ0) is 15.3. The van der Waals surface area contributed by atoms with Gasteiger partial charge in [0.2, 0.25) is 0 Å². The molecule has 1 saturated carbocycles. The molecule has 0 radical (unpaired) electrons.